The molecule has 0 radical (unpaired) electrons. The van der Waals surface area contributed by atoms with Crippen LogP contribution in [0, 0.1) is 0 Å². The van der Waals surface area contributed by atoms with Crippen LogP contribution in [0.2, 0.25) is 0 Å². The van der Waals surface area contributed by atoms with E-state index in [4.69, 9.17) is 0 Å². The second-order valence-electron chi connectivity index (χ2n) is 4.24. The number of anilines is 1. The van der Waals surface area contributed by atoms with E-state index in [1.54, 1.807) is 0 Å². The van der Waals surface area contributed by atoms with Gasteiger partial charge in [-0.15, -0.1) is 0 Å². The molecule has 1 heterocycles. The van der Waals surface area contributed by atoms with E-state index in [2.05, 4.69) is 43.0 Å². The Morgan fingerprint density at radius 1 is 1.36 bits per heavy atom. The van der Waals surface area contributed by atoms with E-state index in [0.717, 1.165) is 0 Å². The molecule has 76 valence electrons. The molecule has 0 N–H and O–H groups in total. The molecule has 1 aromatic carbocycles. The Labute approximate surface area is 86.7 Å². The molecule has 1 unspecified atom stereocenters. The maximum atomic E-state index is 2.45. The van der Waals surface area contributed by atoms with Crippen molar-refractivity contribution in [2.45, 2.75) is 32.6 Å². The molecule has 1 nitrogen and oxygen atoms in total. The summed E-state index contributed by atoms with van der Waals surface area (Å²) in [7, 11) is 0. The highest BCUT2D eigenvalue weighted by Gasteiger charge is 2.14. The molecule has 1 aliphatic heterocycles. The van der Waals surface area contributed by atoms with Gasteiger partial charge in [-0.25, -0.2) is 0 Å². The molecule has 1 saturated heterocycles. The van der Waals surface area contributed by atoms with Gasteiger partial charge < -0.3 is 4.90 Å². The first kappa shape index (κ1) is 9.57. The largest absolute Gasteiger partial charge is 0.371 e. The van der Waals surface area contributed by atoms with Crippen molar-refractivity contribution in [1.29, 1.82) is 0 Å². The summed E-state index contributed by atoms with van der Waals surface area (Å²) in [4.78, 5) is 2.45. The van der Waals surface area contributed by atoms with Gasteiger partial charge in [0, 0.05) is 18.8 Å². The Morgan fingerprint density at radius 2 is 2.14 bits per heavy atom. The van der Waals surface area contributed by atoms with Gasteiger partial charge in [-0.3, -0.25) is 0 Å². The van der Waals surface area contributed by atoms with Gasteiger partial charge >= 0.3 is 0 Å². The van der Waals surface area contributed by atoms with Crippen molar-refractivity contribution in [3.8, 4) is 0 Å². The molecule has 1 atom stereocenters. The van der Waals surface area contributed by atoms with Crippen LogP contribution in [0.25, 0.3) is 0 Å². The smallest absolute Gasteiger partial charge is 0.0369 e. The summed E-state index contributed by atoms with van der Waals surface area (Å²) in [6.45, 7) is 7.03. The van der Waals surface area contributed by atoms with E-state index < -0.39 is 0 Å². The molecule has 0 aliphatic carbocycles. The van der Waals surface area contributed by atoms with E-state index in [-0.39, 0.29) is 0 Å². The zero-order valence-electron chi connectivity index (χ0n) is 9.16. The van der Waals surface area contributed by atoms with Crippen LogP contribution in [-0.4, -0.2) is 13.1 Å². The van der Waals surface area contributed by atoms with E-state index in [0.29, 0.717) is 5.92 Å². The Morgan fingerprint density at radius 3 is 2.71 bits per heavy atom. The maximum absolute atomic E-state index is 2.45. The molecule has 2 rings (SSSR count). The van der Waals surface area contributed by atoms with Gasteiger partial charge in [-0.2, -0.15) is 0 Å². The predicted octanol–water partition coefficient (Wildman–Crippen LogP) is 3.41. The number of hydrogen-bond acceptors (Lipinski definition) is 1. The van der Waals surface area contributed by atoms with E-state index in [1.807, 2.05) is 0 Å². The van der Waals surface area contributed by atoms with Crippen molar-refractivity contribution >= 4 is 5.69 Å². The quantitative estimate of drug-likeness (QED) is 0.704. The standard InChI is InChI=1S/C13H19N/c1-3-11(2)12-6-4-7-13(10-12)14-8-5-9-14/h4,6-7,10-11H,3,5,8-9H2,1-2H3. The lowest BCUT2D eigenvalue weighted by Gasteiger charge is -2.33. The fraction of sp³-hybridized carbons (Fsp3) is 0.538. The van der Waals surface area contributed by atoms with Gasteiger partial charge in [0.2, 0.25) is 0 Å². The number of nitrogens with zero attached hydrogens (tertiary/aromatic N) is 1. The normalized spacial score (nSPS) is 17.7. The van der Waals surface area contributed by atoms with E-state index in [1.165, 1.54) is 37.2 Å². The summed E-state index contributed by atoms with van der Waals surface area (Å²) in [5, 5.41) is 0. The third-order valence-electron chi connectivity index (χ3n) is 3.27. The Bertz CT molecular complexity index is 282. The van der Waals surface area contributed by atoms with Gasteiger partial charge in [-0.05, 0) is 36.5 Å². The van der Waals surface area contributed by atoms with Crippen LogP contribution in [0.15, 0.2) is 24.3 Å². The minimum atomic E-state index is 0.691. The average molecular weight is 189 g/mol. The third-order valence-corrected chi connectivity index (χ3v) is 3.27. The topological polar surface area (TPSA) is 3.24 Å². The summed E-state index contributed by atoms with van der Waals surface area (Å²) < 4.78 is 0. The summed E-state index contributed by atoms with van der Waals surface area (Å²) in [6.07, 6.45) is 2.58. The Kier molecular flexibility index (Phi) is 2.76. The van der Waals surface area contributed by atoms with Gasteiger partial charge in [0.05, 0.1) is 0 Å². The van der Waals surface area contributed by atoms with E-state index >= 15 is 0 Å². The lowest BCUT2D eigenvalue weighted by molar-refractivity contribution is 0.616. The monoisotopic (exact) mass is 189 g/mol. The van der Waals surface area contributed by atoms with Crippen molar-refractivity contribution in [2.75, 3.05) is 18.0 Å². The minimum absolute atomic E-state index is 0.691. The highest BCUT2D eigenvalue weighted by molar-refractivity contribution is 5.50. The van der Waals surface area contributed by atoms with Crippen molar-refractivity contribution in [3.05, 3.63) is 29.8 Å². The highest BCUT2D eigenvalue weighted by atomic mass is 15.2. The molecule has 0 amide bonds. The van der Waals surface area contributed by atoms with Crippen LogP contribution in [0.1, 0.15) is 38.2 Å². The highest BCUT2D eigenvalue weighted by Crippen LogP contribution is 2.26. The van der Waals surface area contributed by atoms with Gasteiger partial charge in [0.15, 0.2) is 0 Å². The molecule has 14 heavy (non-hydrogen) atoms. The first-order valence-electron chi connectivity index (χ1n) is 5.66. The van der Waals surface area contributed by atoms with Crippen molar-refractivity contribution in [1.82, 2.24) is 0 Å². The van der Waals surface area contributed by atoms with Gasteiger partial charge in [0.25, 0.3) is 0 Å². The molecule has 1 aromatic rings. The number of benzene rings is 1. The van der Waals surface area contributed by atoms with Crippen LogP contribution >= 0.6 is 0 Å². The van der Waals surface area contributed by atoms with Crippen LogP contribution in [0.3, 0.4) is 0 Å². The lowest BCUT2D eigenvalue weighted by Crippen LogP contribution is -2.36. The molecule has 0 bridgehead atoms. The second kappa shape index (κ2) is 4.04. The molecular weight excluding hydrogens is 170 g/mol. The zero-order chi connectivity index (χ0) is 9.97. The minimum Gasteiger partial charge on any atom is -0.371 e. The van der Waals surface area contributed by atoms with Crippen molar-refractivity contribution < 1.29 is 0 Å². The van der Waals surface area contributed by atoms with Crippen LogP contribution in [0.5, 0.6) is 0 Å². The number of rotatable bonds is 3. The third kappa shape index (κ3) is 1.77. The molecule has 0 aromatic heterocycles. The first-order chi connectivity index (χ1) is 6.81. The average Bonchev–Trinajstić information content (AvgIpc) is 2.14. The Balaban J connectivity index is 2.17. The molecule has 1 aliphatic rings. The lowest BCUT2D eigenvalue weighted by atomic mass is 9.97. The SMILES string of the molecule is CCC(C)c1cccc(N2CCC2)c1. The number of hydrogen-bond donors (Lipinski definition) is 0. The fourth-order valence-electron chi connectivity index (χ4n) is 1.84. The van der Waals surface area contributed by atoms with Gasteiger partial charge in [0.1, 0.15) is 0 Å². The zero-order valence-corrected chi connectivity index (χ0v) is 9.16. The molecule has 0 spiro atoms. The maximum Gasteiger partial charge on any atom is 0.0369 e. The fourth-order valence-corrected chi connectivity index (χ4v) is 1.84. The second-order valence-corrected chi connectivity index (χ2v) is 4.24. The van der Waals surface area contributed by atoms with E-state index in [9.17, 15) is 0 Å². The summed E-state index contributed by atoms with van der Waals surface area (Å²) >= 11 is 0. The molecule has 1 fully saturated rings. The van der Waals surface area contributed by atoms with Crippen LogP contribution in [0.4, 0.5) is 5.69 Å². The van der Waals surface area contributed by atoms with Crippen LogP contribution < -0.4 is 4.90 Å². The van der Waals surface area contributed by atoms with Crippen molar-refractivity contribution in [2.24, 2.45) is 0 Å². The predicted molar refractivity (Wildman–Crippen MR) is 62.0 cm³/mol. The Hall–Kier alpha value is -0.980. The summed E-state index contributed by atoms with van der Waals surface area (Å²) in [5.41, 5.74) is 2.89. The van der Waals surface area contributed by atoms with Gasteiger partial charge in [-0.1, -0.05) is 26.0 Å². The first-order valence-corrected chi connectivity index (χ1v) is 5.66. The molecule has 0 saturated carbocycles. The summed E-state index contributed by atoms with van der Waals surface area (Å²) in [5.74, 6) is 0.691. The summed E-state index contributed by atoms with van der Waals surface area (Å²) in [6, 6.07) is 9.02. The van der Waals surface area contributed by atoms with Crippen LogP contribution in [-0.2, 0) is 0 Å². The molecule has 1 heteroatoms. The molecular formula is C13H19N. The van der Waals surface area contributed by atoms with Crippen molar-refractivity contribution in [3.63, 3.8) is 0 Å².